The first-order valence-electron chi connectivity index (χ1n) is 7.17. The number of hydrogen-bond donors (Lipinski definition) is 2. The second-order valence-electron chi connectivity index (χ2n) is 4.89. The summed E-state index contributed by atoms with van der Waals surface area (Å²) in [4.78, 5) is 47.1. The van der Waals surface area contributed by atoms with Crippen LogP contribution < -0.4 is 16.4 Å². The number of fused-ring (bicyclic) bond motifs is 1. The quantitative estimate of drug-likeness (QED) is 0.714. The zero-order valence-electron chi connectivity index (χ0n) is 12.6. The van der Waals surface area contributed by atoms with Crippen molar-refractivity contribution in [2.24, 2.45) is 0 Å². The fraction of sp³-hybridized carbons (Fsp3) is 0.333. The molecule has 0 atom stereocenters. The van der Waals surface area contributed by atoms with Gasteiger partial charge in [0.15, 0.2) is 6.61 Å². The molecular formula is C15H17N3O5. The topological polar surface area (TPSA) is 110 Å². The molecule has 1 heterocycles. The number of nitrogens with zero attached hydrogens (tertiary/aromatic N) is 1. The molecule has 0 saturated carbocycles. The number of carbonyl (C=O) groups is 2. The first kappa shape index (κ1) is 16.5. The highest BCUT2D eigenvalue weighted by Gasteiger charge is 2.12. The SMILES string of the molecule is CCCNC(=O)COC(=O)Cn1[nH]c(=O)c2ccccc2c1=O. The van der Waals surface area contributed by atoms with E-state index in [0.717, 1.165) is 11.1 Å². The molecule has 1 aromatic heterocycles. The second kappa shape index (κ2) is 7.39. The summed E-state index contributed by atoms with van der Waals surface area (Å²) in [5, 5.41) is 5.34. The van der Waals surface area contributed by atoms with E-state index >= 15 is 0 Å². The lowest BCUT2D eigenvalue weighted by atomic mass is 10.2. The van der Waals surface area contributed by atoms with Crippen molar-refractivity contribution in [1.82, 2.24) is 15.1 Å². The molecule has 2 aromatic rings. The highest BCUT2D eigenvalue weighted by Crippen LogP contribution is 2.02. The number of esters is 1. The first-order chi connectivity index (χ1) is 11.0. The summed E-state index contributed by atoms with van der Waals surface area (Å²) in [5.41, 5.74) is -0.985. The van der Waals surface area contributed by atoms with E-state index in [9.17, 15) is 19.2 Å². The van der Waals surface area contributed by atoms with Crippen LogP contribution in [0.5, 0.6) is 0 Å². The van der Waals surface area contributed by atoms with Crippen LogP contribution >= 0.6 is 0 Å². The fourth-order valence-corrected chi connectivity index (χ4v) is 1.99. The van der Waals surface area contributed by atoms with E-state index in [2.05, 4.69) is 10.4 Å². The molecule has 0 fully saturated rings. The van der Waals surface area contributed by atoms with Crippen LogP contribution in [-0.2, 0) is 20.9 Å². The third kappa shape index (κ3) is 4.06. The average molecular weight is 319 g/mol. The molecule has 8 heteroatoms. The van der Waals surface area contributed by atoms with Gasteiger partial charge in [0, 0.05) is 6.54 Å². The van der Waals surface area contributed by atoms with E-state index in [1.54, 1.807) is 12.1 Å². The van der Waals surface area contributed by atoms with Gasteiger partial charge in [0.05, 0.1) is 10.8 Å². The number of amides is 1. The number of aromatic nitrogens is 2. The molecule has 1 amide bonds. The summed E-state index contributed by atoms with van der Waals surface area (Å²) in [6, 6.07) is 6.30. The Morgan fingerprint density at radius 1 is 1.22 bits per heavy atom. The zero-order valence-corrected chi connectivity index (χ0v) is 12.6. The standard InChI is InChI=1S/C15H17N3O5/c1-2-7-16-12(19)9-23-13(20)8-18-15(22)11-6-4-3-5-10(11)14(21)17-18/h3-6H,2,7-9H2,1H3,(H,16,19)(H,17,21). The van der Waals surface area contributed by atoms with Gasteiger partial charge in [-0.05, 0) is 18.6 Å². The third-order valence-electron chi connectivity index (χ3n) is 3.11. The maximum Gasteiger partial charge on any atom is 0.328 e. The van der Waals surface area contributed by atoms with E-state index in [1.165, 1.54) is 12.1 Å². The number of aromatic amines is 1. The van der Waals surface area contributed by atoms with E-state index in [1.807, 2.05) is 6.92 Å². The lowest BCUT2D eigenvalue weighted by molar-refractivity contribution is -0.149. The van der Waals surface area contributed by atoms with Gasteiger partial charge in [-0.3, -0.25) is 24.3 Å². The molecule has 0 aliphatic heterocycles. The molecule has 0 aliphatic carbocycles. The molecule has 0 bridgehead atoms. The van der Waals surface area contributed by atoms with Crippen molar-refractivity contribution in [3.63, 3.8) is 0 Å². The van der Waals surface area contributed by atoms with Gasteiger partial charge in [0.2, 0.25) is 0 Å². The Kier molecular flexibility index (Phi) is 5.29. The van der Waals surface area contributed by atoms with Crippen molar-refractivity contribution in [1.29, 1.82) is 0 Å². The van der Waals surface area contributed by atoms with Crippen molar-refractivity contribution in [2.45, 2.75) is 19.9 Å². The minimum absolute atomic E-state index is 0.213. The van der Waals surface area contributed by atoms with Crippen molar-refractivity contribution in [3.8, 4) is 0 Å². The maximum atomic E-state index is 12.2. The molecule has 0 saturated heterocycles. The summed E-state index contributed by atoms with van der Waals surface area (Å²) < 4.78 is 5.65. The van der Waals surface area contributed by atoms with Crippen LogP contribution in [-0.4, -0.2) is 34.8 Å². The highest BCUT2D eigenvalue weighted by atomic mass is 16.5. The van der Waals surface area contributed by atoms with E-state index < -0.39 is 36.1 Å². The Balaban J connectivity index is 2.09. The monoisotopic (exact) mass is 319 g/mol. The zero-order chi connectivity index (χ0) is 16.8. The van der Waals surface area contributed by atoms with Crippen LogP contribution in [0.15, 0.2) is 33.9 Å². The normalized spacial score (nSPS) is 10.5. The van der Waals surface area contributed by atoms with Gasteiger partial charge in [-0.1, -0.05) is 19.1 Å². The number of benzene rings is 1. The van der Waals surface area contributed by atoms with Gasteiger partial charge < -0.3 is 10.1 Å². The molecule has 0 aliphatic rings. The number of hydrogen-bond acceptors (Lipinski definition) is 5. The van der Waals surface area contributed by atoms with E-state index in [4.69, 9.17) is 4.74 Å². The summed E-state index contributed by atoms with van der Waals surface area (Å²) >= 11 is 0. The first-order valence-corrected chi connectivity index (χ1v) is 7.17. The molecule has 0 unspecified atom stereocenters. The molecule has 23 heavy (non-hydrogen) atoms. The molecule has 2 N–H and O–H groups in total. The van der Waals surface area contributed by atoms with Gasteiger partial charge in [0.1, 0.15) is 6.54 Å². The van der Waals surface area contributed by atoms with Crippen LogP contribution in [0, 0.1) is 0 Å². The lowest BCUT2D eigenvalue weighted by Gasteiger charge is -2.08. The molecule has 122 valence electrons. The van der Waals surface area contributed by atoms with Gasteiger partial charge in [-0.25, -0.2) is 4.68 Å². The lowest BCUT2D eigenvalue weighted by Crippen LogP contribution is -2.34. The predicted octanol–water partition coefficient (Wildman–Crippen LogP) is -0.241. The van der Waals surface area contributed by atoms with Crippen LogP contribution in [0.3, 0.4) is 0 Å². The Morgan fingerprint density at radius 3 is 2.61 bits per heavy atom. The minimum Gasteiger partial charge on any atom is -0.454 e. The Labute approximate surface area is 131 Å². The van der Waals surface area contributed by atoms with Crippen LogP contribution in [0.1, 0.15) is 13.3 Å². The third-order valence-corrected chi connectivity index (χ3v) is 3.11. The molecule has 1 aromatic carbocycles. The van der Waals surface area contributed by atoms with Crippen molar-refractivity contribution in [2.75, 3.05) is 13.2 Å². The molecular weight excluding hydrogens is 302 g/mol. The van der Waals surface area contributed by atoms with Crippen molar-refractivity contribution < 1.29 is 14.3 Å². The summed E-state index contributed by atoms with van der Waals surface area (Å²) in [6.45, 7) is 1.49. The fourth-order valence-electron chi connectivity index (χ4n) is 1.99. The van der Waals surface area contributed by atoms with Crippen molar-refractivity contribution >= 4 is 22.6 Å². The van der Waals surface area contributed by atoms with Gasteiger partial charge in [-0.2, -0.15) is 0 Å². The number of ether oxygens (including phenoxy) is 1. The number of carbonyl (C=O) groups excluding carboxylic acids is 2. The maximum absolute atomic E-state index is 12.2. The predicted molar refractivity (Wildman–Crippen MR) is 83.1 cm³/mol. The van der Waals surface area contributed by atoms with Crippen molar-refractivity contribution in [3.05, 3.63) is 45.0 Å². The van der Waals surface area contributed by atoms with Crippen LogP contribution in [0.25, 0.3) is 10.8 Å². The molecule has 0 radical (unpaired) electrons. The Morgan fingerprint density at radius 2 is 1.91 bits per heavy atom. The van der Waals surface area contributed by atoms with Gasteiger partial charge in [-0.15, -0.1) is 0 Å². The number of H-pyrrole nitrogens is 1. The minimum atomic E-state index is -0.787. The summed E-state index contributed by atoms with van der Waals surface area (Å²) in [5.74, 6) is -1.20. The molecule has 0 spiro atoms. The van der Waals surface area contributed by atoms with E-state index in [-0.39, 0.29) is 10.8 Å². The second-order valence-corrected chi connectivity index (χ2v) is 4.89. The summed E-state index contributed by atoms with van der Waals surface area (Å²) in [7, 11) is 0. The van der Waals surface area contributed by atoms with Gasteiger partial charge >= 0.3 is 5.97 Å². The Hall–Kier alpha value is -2.90. The van der Waals surface area contributed by atoms with Crippen LogP contribution in [0.2, 0.25) is 0 Å². The molecule has 8 nitrogen and oxygen atoms in total. The van der Waals surface area contributed by atoms with E-state index in [0.29, 0.717) is 6.54 Å². The summed E-state index contributed by atoms with van der Waals surface area (Å²) in [6.07, 6.45) is 0.771. The Bertz CT molecular complexity index is 837. The smallest absolute Gasteiger partial charge is 0.328 e. The molecule has 2 rings (SSSR count). The highest BCUT2D eigenvalue weighted by molar-refractivity contribution is 5.81. The largest absolute Gasteiger partial charge is 0.454 e. The van der Waals surface area contributed by atoms with Gasteiger partial charge in [0.25, 0.3) is 17.0 Å². The average Bonchev–Trinajstić information content (AvgIpc) is 2.55. The number of rotatable bonds is 6. The number of nitrogens with one attached hydrogen (secondary N) is 2. The van der Waals surface area contributed by atoms with Crippen LogP contribution in [0.4, 0.5) is 0 Å².